The molecule has 0 saturated carbocycles. The summed E-state index contributed by atoms with van der Waals surface area (Å²) in [6, 6.07) is 7.46. The van der Waals surface area contributed by atoms with E-state index in [9.17, 15) is 9.59 Å². The van der Waals surface area contributed by atoms with Crippen LogP contribution in [0.1, 0.15) is 25.3 Å². The molecule has 5 nitrogen and oxygen atoms in total. The minimum atomic E-state index is 0.0228. The Labute approximate surface area is 125 Å². The zero-order valence-corrected chi connectivity index (χ0v) is 12.4. The van der Waals surface area contributed by atoms with E-state index in [1.165, 1.54) is 0 Å². The predicted octanol–water partition coefficient (Wildman–Crippen LogP) is 1.83. The summed E-state index contributed by atoms with van der Waals surface area (Å²) in [7, 11) is 0. The van der Waals surface area contributed by atoms with Gasteiger partial charge in [-0.15, -0.1) is 0 Å². The fourth-order valence-electron chi connectivity index (χ4n) is 2.26. The lowest BCUT2D eigenvalue weighted by Gasteiger charge is -2.26. The van der Waals surface area contributed by atoms with Gasteiger partial charge in [0.1, 0.15) is 0 Å². The van der Waals surface area contributed by atoms with E-state index in [-0.39, 0.29) is 11.8 Å². The van der Waals surface area contributed by atoms with Crippen LogP contribution in [0.5, 0.6) is 0 Å². The van der Waals surface area contributed by atoms with E-state index in [1.807, 2.05) is 36.1 Å². The highest BCUT2D eigenvalue weighted by Crippen LogP contribution is 2.12. The monoisotopic (exact) mass is 290 g/mol. The fourth-order valence-corrected chi connectivity index (χ4v) is 2.26. The third kappa shape index (κ3) is 4.86. The van der Waals surface area contributed by atoms with Crippen LogP contribution >= 0.6 is 0 Å². The summed E-state index contributed by atoms with van der Waals surface area (Å²) < 4.78 is 5.24. The van der Waals surface area contributed by atoms with E-state index in [0.717, 1.165) is 17.7 Å². The van der Waals surface area contributed by atoms with Crippen LogP contribution in [0.2, 0.25) is 0 Å². The first-order valence-electron chi connectivity index (χ1n) is 7.43. The van der Waals surface area contributed by atoms with Gasteiger partial charge in [-0.25, -0.2) is 0 Å². The average molecular weight is 290 g/mol. The number of nitrogens with one attached hydrogen (secondary N) is 1. The standard InChI is InChI=1S/C16H22N2O3/c1-2-3-15(19)17-14-6-4-13(5-7-14)12-16(20)18-8-10-21-11-9-18/h4-7H,2-3,8-12H2,1H3,(H,17,19). The van der Waals surface area contributed by atoms with E-state index in [0.29, 0.717) is 39.1 Å². The molecule has 1 saturated heterocycles. The minimum absolute atomic E-state index is 0.0228. The number of anilines is 1. The highest BCUT2D eigenvalue weighted by molar-refractivity contribution is 5.90. The Kier molecular flexibility index (Phi) is 5.75. The summed E-state index contributed by atoms with van der Waals surface area (Å²) in [5.74, 6) is 0.149. The molecule has 2 rings (SSSR count). The van der Waals surface area contributed by atoms with Crippen molar-refractivity contribution in [2.75, 3.05) is 31.6 Å². The van der Waals surface area contributed by atoms with Crippen molar-refractivity contribution in [2.24, 2.45) is 0 Å². The molecule has 1 aromatic rings. The van der Waals surface area contributed by atoms with Crippen molar-refractivity contribution >= 4 is 17.5 Å². The molecule has 0 unspecified atom stereocenters. The van der Waals surface area contributed by atoms with Crippen LogP contribution in [-0.2, 0) is 20.7 Å². The van der Waals surface area contributed by atoms with Gasteiger partial charge in [-0.05, 0) is 24.1 Å². The summed E-state index contributed by atoms with van der Waals surface area (Å²) in [6.07, 6.45) is 1.75. The van der Waals surface area contributed by atoms with Crippen molar-refractivity contribution in [1.29, 1.82) is 0 Å². The van der Waals surface area contributed by atoms with Crippen molar-refractivity contribution < 1.29 is 14.3 Å². The molecule has 2 amide bonds. The Morgan fingerprint density at radius 2 is 1.86 bits per heavy atom. The fraction of sp³-hybridized carbons (Fsp3) is 0.500. The quantitative estimate of drug-likeness (QED) is 0.900. The molecule has 0 radical (unpaired) electrons. The number of nitrogens with zero attached hydrogens (tertiary/aromatic N) is 1. The highest BCUT2D eigenvalue weighted by Gasteiger charge is 2.16. The molecule has 1 heterocycles. The lowest BCUT2D eigenvalue weighted by molar-refractivity contribution is -0.134. The molecular formula is C16H22N2O3. The van der Waals surface area contributed by atoms with E-state index < -0.39 is 0 Å². The lowest BCUT2D eigenvalue weighted by atomic mass is 10.1. The van der Waals surface area contributed by atoms with Crippen molar-refractivity contribution in [3.63, 3.8) is 0 Å². The topological polar surface area (TPSA) is 58.6 Å². The van der Waals surface area contributed by atoms with E-state index in [1.54, 1.807) is 0 Å². The van der Waals surface area contributed by atoms with Gasteiger partial charge in [-0.1, -0.05) is 19.1 Å². The molecule has 21 heavy (non-hydrogen) atoms. The molecule has 0 aliphatic carbocycles. The zero-order valence-electron chi connectivity index (χ0n) is 12.4. The first-order chi connectivity index (χ1) is 10.2. The predicted molar refractivity (Wildman–Crippen MR) is 81.1 cm³/mol. The Morgan fingerprint density at radius 1 is 1.19 bits per heavy atom. The van der Waals surface area contributed by atoms with Crippen molar-refractivity contribution in [3.05, 3.63) is 29.8 Å². The summed E-state index contributed by atoms with van der Waals surface area (Å²) in [6.45, 7) is 4.55. The third-order valence-corrected chi connectivity index (χ3v) is 3.43. The SMILES string of the molecule is CCCC(=O)Nc1ccc(CC(=O)N2CCOCC2)cc1. The molecule has 1 aliphatic heterocycles. The molecular weight excluding hydrogens is 268 g/mol. The molecule has 1 fully saturated rings. The summed E-state index contributed by atoms with van der Waals surface area (Å²) in [5.41, 5.74) is 1.73. The maximum Gasteiger partial charge on any atom is 0.227 e. The van der Waals surface area contributed by atoms with Gasteiger partial charge in [0.2, 0.25) is 11.8 Å². The van der Waals surface area contributed by atoms with Gasteiger partial charge in [-0.3, -0.25) is 9.59 Å². The van der Waals surface area contributed by atoms with Crippen molar-refractivity contribution in [1.82, 2.24) is 4.90 Å². The number of rotatable bonds is 5. The van der Waals surface area contributed by atoms with Gasteiger partial charge in [0, 0.05) is 25.2 Å². The summed E-state index contributed by atoms with van der Waals surface area (Å²) in [4.78, 5) is 25.4. The van der Waals surface area contributed by atoms with Gasteiger partial charge in [0.05, 0.1) is 19.6 Å². The maximum atomic E-state index is 12.1. The molecule has 1 aromatic carbocycles. The molecule has 0 spiro atoms. The Balaban J connectivity index is 1.86. The first kappa shape index (κ1) is 15.5. The van der Waals surface area contributed by atoms with Crippen LogP contribution in [0.4, 0.5) is 5.69 Å². The van der Waals surface area contributed by atoms with Gasteiger partial charge in [0.25, 0.3) is 0 Å². The van der Waals surface area contributed by atoms with Crippen molar-refractivity contribution in [2.45, 2.75) is 26.2 Å². The maximum absolute atomic E-state index is 12.1. The number of benzene rings is 1. The normalized spacial score (nSPS) is 14.8. The van der Waals surface area contributed by atoms with E-state index >= 15 is 0 Å². The smallest absolute Gasteiger partial charge is 0.227 e. The molecule has 5 heteroatoms. The highest BCUT2D eigenvalue weighted by atomic mass is 16.5. The molecule has 1 N–H and O–H groups in total. The summed E-state index contributed by atoms with van der Waals surface area (Å²) >= 11 is 0. The molecule has 114 valence electrons. The van der Waals surface area contributed by atoms with Crippen LogP contribution in [0.25, 0.3) is 0 Å². The second-order valence-electron chi connectivity index (χ2n) is 5.17. The number of hydrogen-bond donors (Lipinski definition) is 1. The number of carbonyl (C=O) groups excluding carboxylic acids is 2. The summed E-state index contributed by atoms with van der Waals surface area (Å²) in [5, 5.41) is 2.84. The number of morpholine rings is 1. The van der Waals surface area contributed by atoms with Crippen LogP contribution in [0.15, 0.2) is 24.3 Å². The molecule has 0 aromatic heterocycles. The van der Waals surface area contributed by atoms with Gasteiger partial charge in [0.15, 0.2) is 0 Å². The Morgan fingerprint density at radius 3 is 2.48 bits per heavy atom. The second-order valence-corrected chi connectivity index (χ2v) is 5.17. The largest absolute Gasteiger partial charge is 0.378 e. The second kappa shape index (κ2) is 7.78. The van der Waals surface area contributed by atoms with Crippen LogP contribution in [0.3, 0.4) is 0 Å². The molecule has 1 aliphatic rings. The minimum Gasteiger partial charge on any atom is -0.378 e. The van der Waals surface area contributed by atoms with Crippen LogP contribution in [-0.4, -0.2) is 43.0 Å². The molecule has 0 bridgehead atoms. The zero-order chi connectivity index (χ0) is 15.1. The Bertz CT molecular complexity index is 479. The van der Waals surface area contributed by atoms with Gasteiger partial charge < -0.3 is 15.0 Å². The molecule has 0 atom stereocenters. The number of ether oxygens (including phenoxy) is 1. The number of hydrogen-bond acceptors (Lipinski definition) is 3. The third-order valence-electron chi connectivity index (χ3n) is 3.43. The van der Waals surface area contributed by atoms with Gasteiger partial charge in [-0.2, -0.15) is 0 Å². The van der Waals surface area contributed by atoms with Crippen LogP contribution < -0.4 is 5.32 Å². The van der Waals surface area contributed by atoms with Gasteiger partial charge >= 0.3 is 0 Å². The van der Waals surface area contributed by atoms with E-state index in [2.05, 4.69) is 5.32 Å². The Hall–Kier alpha value is -1.88. The first-order valence-corrected chi connectivity index (χ1v) is 7.43. The van der Waals surface area contributed by atoms with E-state index in [4.69, 9.17) is 4.74 Å². The average Bonchev–Trinajstić information content (AvgIpc) is 2.50. The van der Waals surface area contributed by atoms with Crippen molar-refractivity contribution in [3.8, 4) is 0 Å². The number of carbonyl (C=O) groups is 2. The number of amides is 2. The lowest BCUT2D eigenvalue weighted by Crippen LogP contribution is -2.41. The van der Waals surface area contributed by atoms with Crippen LogP contribution in [0, 0.1) is 0 Å².